The van der Waals surface area contributed by atoms with Gasteiger partial charge in [0.15, 0.2) is 0 Å². The first-order valence-electron chi connectivity index (χ1n) is 5.23. The van der Waals surface area contributed by atoms with Crippen LogP contribution in [0.1, 0.15) is 0 Å². The first-order chi connectivity index (χ1) is 7.65. The molecule has 1 heterocycles. The van der Waals surface area contributed by atoms with Crippen LogP contribution in [0.4, 0.5) is 0 Å². The zero-order chi connectivity index (χ0) is 12.0. The van der Waals surface area contributed by atoms with Gasteiger partial charge >= 0.3 is 0 Å². The Kier molecular flexibility index (Phi) is 5.17. The third-order valence-corrected chi connectivity index (χ3v) is 2.38. The minimum absolute atomic E-state index is 0.150. The molecule has 1 rings (SSSR count). The molecule has 16 heavy (non-hydrogen) atoms. The maximum Gasteiger partial charge on any atom is 0.237 e. The van der Waals surface area contributed by atoms with E-state index in [-0.39, 0.29) is 19.1 Å². The molecule has 1 unspecified atom stereocenters. The van der Waals surface area contributed by atoms with Crippen LogP contribution in [0, 0.1) is 0 Å². The lowest BCUT2D eigenvalue weighted by atomic mass is 10.2. The molecule has 7 heteroatoms. The average Bonchev–Trinajstić information content (AvgIpc) is 2.27. The van der Waals surface area contributed by atoms with E-state index in [2.05, 4.69) is 5.32 Å². The monoisotopic (exact) mass is 230 g/mol. The minimum atomic E-state index is -0.516. The predicted octanol–water partition coefficient (Wildman–Crippen LogP) is -2.75. The van der Waals surface area contributed by atoms with Gasteiger partial charge in [-0.25, -0.2) is 0 Å². The number of carbonyl (C=O) groups excluding carboxylic acids is 2. The number of nitrogens with zero attached hydrogens (tertiary/aromatic N) is 1. The van der Waals surface area contributed by atoms with Crippen LogP contribution in [-0.2, 0) is 14.3 Å². The summed E-state index contributed by atoms with van der Waals surface area (Å²) in [7, 11) is 0. The van der Waals surface area contributed by atoms with Gasteiger partial charge in [-0.1, -0.05) is 0 Å². The fraction of sp³-hybridized carbons (Fsp3) is 0.778. The van der Waals surface area contributed by atoms with Gasteiger partial charge in [0.05, 0.1) is 19.8 Å². The highest BCUT2D eigenvalue weighted by molar-refractivity contribution is 5.82. The van der Waals surface area contributed by atoms with E-state index in [4.69, 9.17) is 16.2 Å². The average molecular weight is 230 g/mol. The zero-order valence-electron chi connectivity index (χ0n) is 9.15. The van der Waals surface area contributed by atoms with Gasteiger partial charge in [-0.05, 0) is 0 Å². The van der Waals surface area contributed by atoms with Crippen molar-refractivity contribution in [2.45, 2.75) is 6.04 Å². The number of nitrogens with two attached hydrogens (primary N) is 2. The van der Waals surface area contributed by atoms with E-state index in [1.807, 2.05) is 0 Å². The third kappa shape index (κ3) is 3.76. The molecule has 1 atom stereocenters. The molecule has 0 bridgehead atoms. The SMILES string of the molecule is NCCNC(=O)CN1CCOCC1C(N)=O. The summed E-state index contributed by atoms with van der Waals surface area (Å²) in [6.07, 6.45) is 0. The topological polar surface area (TPSA) is 111 Å². The van der Waals surface area contributed by atoms with Crippen molar-refractivity contribution in [3.05, 3.63) is 0 Å². The van der Waals surface area contributed by atoms with Crippen molar-refractivity contribution in [1.29, 1.82) is 0 Å². The van der Waals surface area contributed by atoms with Gasteiger partial charge in [-0.2, -0.15) is 0 Å². The molecule has 1 saturated heterocycles. The summed E-state index contributed by atoms with van der Waals surface area (Å²) in [6, 6.07) is -0.516. The van der Waals surface area contributed by atoms with Crippen molar-refractivity contribution in [3.63, 3.8) is 0 Å². The van der Waals surface area contributed by atoms with Gasteiger partial charge in [0.1, 0.15) is 6.04 Å². The van der Waals surface area contributed by atoms with Crippen LogP contribution in [0.5, 0.6) is 0 Å². The fourth-order valence-corrected chi connectivity index (χ4v) is 1.54. The maximum atomic E-state index is 11.4. The van der Waals surface area contributed by atoms with Crippen LogP contribution >= 0.6 is 0 Å². The lowest BCUT2D eigenvalue weighted by molar-refractivity contribution is -0.132. The smallest absolute Gasteiger partial charge is 0.237 e. The van der Waals surface area contributed by atoms with Crippen LogP contribution in [0.2, 0.25) is 0 Å². The highest BCUT2D eigenvalue weighted by Crippen LogP contribution is 2.05. The molecule has 0 saturated carbocycles. The van der Waals surface area contributed by atoms with Crippen molar-refractivity contribution >= 4 is 11.8 Å². The Labute approximate surface area is 94.1 Å². The molecule has 2 amide bonds. The summed E-state index contributed by atoms with van der Waals surface area (Å²) in [5, 5.41) is 2.64. The first-order valence-corrected chi connectivity index (χ1v) is 5.23. The van der Waals surface area contributed by atoms with Gasteiger partial charge in [0.25, 0.3) is 0 Å². The van der Waals surface area contributed by atoms with Crippen LogP contribution in [0.3, 0.4) is 0 Å². The Hall–Kier alpha value is -1.18. The molecule has 0 aromatic carbocycles. The van der Waals surface area contributed by atoms with E-state index in [1.165, 1.54) is 0 Å². The molecule has 1 aliphatic heterocycles. The molecule has 92 valence electrons. The summed E-state index contributed by atoms with van der Waals surface area (Å²) >= 11 is 0. The Balaban J connectivity index is 2.43. The second-order valence-corrected chi connectivity index (χ2v) is 3.60. The van der Waals surface area contributed by atoms with E-state index >= 15 is 0 Å². The second-order valence-electron chi connectivity index (χ2n) is 3.60. The zero-order valence-corrected chi connectivity index (χ0v) is 9.15. The van der Waals surface area contributed by atoms with Crippen molar-refractivity contribution < 1.29 is 14.3 Å². The Morgan fingerprint density at radius 3 is 2.88 bits per heavy atom. The van der Waals surface area contributed by atoms with Gasteiger partial charge in [-0.15, -0.1) is 0 Å². The number of hydrogen-bond acceptors (Lipinski definition) is 5. The van der Waals surface area contributed by atoms with Gasteiger partial charge in [0.2, 0.25) is 11.8 Å². The van der Waals surface area contributed by atoms with Crippen LogP contribution in [-0.4, -0.2) is 62.1 Å². The number of rotatable bonds is 5. The number of primary amides is 1. The number of amides is 2. The van der Waals surface area contributed by atoms with E-state index in [0.717, 1.165) is 0 Å². The van der Waals surface area contributed by atoms with Crippen LogP contribution in [0.25, 0.3) is 0 Å². The summed E-state index contributed by atoms with van der Waals surface area (Å²) in [4.78, 5) is 24.3. The molecular weight excluding hydrogens is 212 g/mol. The Morgan fingerprint density at radius 1 is 1.50 bits per heavy atom. The number of nitrogens with one attached hydrogen (secondary N) is 1. The van der Waals surface area contributed by atoms with Crippen molar-refractivity contribution in [2.24, 2.45) is 11.5 Å². The Bertz CT molecular complexity index is 259. The molecule has 0 aromatic rings. The quantitative estimate of drug-likeness (QED) is 0.474. The highest BCUT2D eigenvalue weighted by atomic mass is 16.5. The number of morpholine rings is 1. The molecule has 1 fully saturated rings. The minimum Gasteiger partial charge on any atom is -0.378 e. The standard InChI is InChI=1S/C9H18N4O3/c10-1-2-12-8(14)5-13-3-4-16-6-7(13)9(11)15/h7H,1-6,10H2,(H2,11,15)(H,12,14). The largest absolute Gasteiger partial charge is 0.378 e. The number of hydrogen-bond donors (Lipinski definition) is 3. The van der Waals surface area contributed by atoms with Gasteiger partial charge in [-0.3, -0.25) is 14.5 Å². The lowest BCUT2D eigenvalue weighted by Gasteiger charge is -2.32. The van der Waals surface area contributed by atoms with Crippen molar-refractivity contribution in [1.82, 2.24) is 10.2 Å². The molecule has 0 aliphatic carbocycles. The van der Waals surface area contributed by atoms with E-state index in [9.17, 15) is 9.59 Å². The van der Waals surface area contributed by atoms with Crippen LogP contribution < -0.4 is 16.8 Å². The molecular formula is C9H18N4O3. The second kappa shape index (κ2) is 6.41. The molecule has 5 N–H and O–H groups in total. The first kappa shape index (κ1) is 12.9. The van der Waals surface area contributed by atoms with E-state index in [0.29, 0.717) is 26.2 Å². The Morgan fingerprint density at radius 2 is 2.25 bits per heavy atom. The third-order valence-electron chi connectivity index (χ3n) is 2.38. The summed E-state index contributed by atoms with van der Waals surface area (Å²) in [5.74, 6) is -0.620. The maximum absolute atomic E-state index is 11.4. The van der Waals surface area contributed by atoms with E-state index in [1.54, 1.807) is 4.90 Å². The molecule has 0 aromatic heterocycles. The fourth-order valence-electron chi connectivity index (χ4n) is 1.54. The van der Waals surface area contributed by atoms with Gasteiger partial charge in [0, 0.05) is 19.6 Å². The lowest BCUT2D eigenvalue weighted by Crippen LogP contribution is -2.55. The number of carbonyl (C=O) groups is 2. The van der Waals surface area contributed by atoms with Crippen molar-refractivity contribution in [2.75, 3.05) is 39.4 Å². The number of ether oxygens (including phenoxy) is 1. The van der Waals surface area contributed by atoms with Crippen LogP contribution in [0.15, 0.2) is 0 Å². The summed E-state index contributed by atoms with van der Waals surface area (Å²) < 4.78 is 5.14. The molecule has 7 nitrogen and oxygen atoms in total. The summed E-state index contributed by atoms with van der Waals surface area (Å²) in [6.45, 7) is 2.27. The van der Waals surface area contributed by atoms with Crippen molar-refractivity contribution in [3.8, 4) is 0 Å². The normalized spacial score (nSPS) is 21.7. The molecule has 1 aliphatic rings. The summed E-state index contributed by atoms with van der Waals surface area (Å²) in [5.41, 5.74) is 10.5. The van der Waals surface area contributed by atoms with Gasteiger partial charge < -0.3 is 21.5 Å². The predicted molar refractivity (Wildman–Crippen MR) is 57.4 cm³/mol. The molecule has 0 spiro atoms. The molecule has 0 radical (unpaired) electrons. The van der Waals surface area contributed by atoms with E-state index < -0.39 is 11.9 Å². The highest BCUT2D eigenvalue weighted by Gasteiger charge is 2.28.